The van der Waals surface area contributed by atoms with Gasteiger partial charge < -0.3 is 15.2 Å². The fourth-order valence-electron chi connectivity index (χ4n) is 2.29. The number of hydrogen-bond donors (Lipinski definition) is 2. The van der Waals surface area contributed by atoms with Crippen molar-refractivity contribution in [3.8, 4) is 0 Å². The number of aromatic nitrogens is 1. The minimum Gasteiger partial charge on any atom is -0.359 e. The predicted molar refractivity (Wildman–Crippen MR) is 68.1 cm³/mol. The molecule has 1 aliphatic heterocycles. The van der Waals surface area contributed by atoms with E-state index < -0.39 is 0 Å². The van der Waals surface area contributed by atoms with Crippen LogP contribution in [-0.4, -0.2) is 29.0 Å². The molecule has 1 saturated heterocycles. The number of nitrogens with one attached hydrogen (secondary N) is 2. The minimum atomic E-state index is 0.00672. The van der Waals surface area contributed by atoms with Crippen LogP contribution in [0.2, 0.25) is 0 Å². The van der Waals surface area contributed by atoms with E-state index in [4.69, 9.17) is 0 Å². The van der Waals surface area contributed by atoms with E-state index in [-0.39, 0.29) is 6.03 Å². The number of nitrogens with zero attached hydrogens (tertiary/aromatic N) is 1. The van der Waals surface area contributed by atoms with Crippen LogP contribution < -0.4 is 5.32 Å². The van der Waals surface area contributed by atoms with Crippen molar-refractivity contribution in [3.63, 3.8) is 0 Å². The lowest BCUT2D eigenvalue weighted by Gasteiger charge is -2.15. The maximum atomic E-state index is 12.0. The number of H-pyrrole nitrogens is 1. The molecular formula is C13H15N3O. The second kappa shape index (κ2) is 4.13. The number of para-hydroxylation sites is 1. The molecule has 1 fully saturated rings. The third-order valence-electron chi connectivity index (χ3n) is 3.22. The highest BCUT2D eigenvalue weighted by Gasteiger charge is 2.18. The Morgan fingerprint density at radius 1 is 1.24 bits per heavy atom. The number of fused-ring (bicyclic) bond motifs is 1. The first-order valence-corrected chi connectivity index (χ1v) is 5.96. The van der Waals surface area contributed by atoms with Crippen LogP contribution >= 0.6 is 0 Å². The average molecular weight is 229 g/mol. The molecule has 88 valence electrons. The van der Waals surface area contributed by atoms with Crippen molar-refractivity contribution in [1.82, 2.24) is 9.88 Å². The first-order valence-electron chi connectivity index (χ1n) is 5.96. The molecule has 1 aliphatic rings. The van der Waals surface area contributed by atoms with E-state index in [1.165, 1.54) is 0 Å². The van der Waals surface area contributed by atoms with Gasteiger partial charge >= 0.3 is 6.03 Å². The number of carbonyl (C=O) groups is 1. The molecule has 0 unspecified atom stereocenters. The molecule has 0 radical (unpaired) electrons. The summed E-state index contributed by atoms with van der Waals surface area (Å²) in [4.78, 5) is 17.0. The monoisotopic (exact) mass is 229 g/mol. The zero-order chi connectivity index (χ0) is 11.7. The van der Waals surface area contributed by atoms with Crippen LogP contribution in [0.1, 0.15) is 12.8 Å². The van der Waals surface area contributed by atoms with Gasteiger partial charge in [-0.15, -0.1) is 0 Å². The molecule has 2 N–H and O–H groups in total. The summed E-state index contributed by atoms with van der Waals surface area (Å²) in [6.07, 6.45) is 4.07. The van der Waals surface area contributed by atoms with Crippen molar-refractivity contribution in [3.05, 3.63) is 30.5 Å². The summed E-state index contributed by atoms with van der Waals surface area (Å²) in [6.45, 7) is 1.74. The van der Waals surface area contributed by atoms with Gasteiger partial charge in [0, 0.05) is 30.2 Å². The predicted octanol–water partition coefficient (Wildman–Crippen LogP) is 2.80. The molecule has 4 heteroatoms. The van der Waals surface area contributed by atoms with Gasteiger partial charge in [-0.2, -0.15) is 0 Å². The van der Waals surface area contributed by atoms with Crippen LogP contribution in [0.15, 0.2) is 30.5 Å². The van der Waals surface area contributed by atoms with Gasteiger partial charge in [0.25, 0.3) is 0 Å². The summed E-state index contributed by atoms with van der Waals surface area (Å²) < 4.78 is 0. The molecule has 1 aromatic heterocycles. The topological polar surface area (TPSA) is 48.1 Å². The van der Waals surface area contributed by atoms with E-state index in [0.717, 1.165) is 42.5 Å². The van der Waals surface area contributed by atoms with Crippen LogP contribution in [0.25, 0.3) is 10.9 Å². The van der Waals surface area contributed by atoms with Crippen molar-refractivity contribution in [1.29, 1.82) is 0 Å². The Balaban J connectivity index is 1.82. The van der Waals surface area contributed by atoms with Crippen molar-refractivity contribution in [2.45, 2.75) is 12.8 Å². The van der Waals surface area contributed by atoms with Gasteiger partial charge in [0.05, 0.1) is 5.69 Å². The number of anilines is 1. The Kier molecular flexibility index (Phi) is 2.48. The molecule has 17 heavy (non-hydrogen) atoms. The van der Waals surface area contributed by atoms with Crippen LogP contribution in [0, 0.1) is 0 Å². The lowest BCUT2D eigenvalue weighted by Crippen LogP contribution is -2.32. The molecule has 2 amide bonds. The largest absolute Gasteiger partial charge is 0.359 e. The second-order valence-corrected chi connectivity index (χ2v) is 4.37. The van der Waals surface area contributed by atoms with Gasteiger partial charge in [-0.05, 0) is 18.9 Å². The summed E-state index contributed by atoms with van der Waals surface area (Å²) >= 11 is 0. The highest BCUT2D eigenvalue weighted by atomic mass is 16.2. The number of likely N-dealkylation sites (tertiary alicyclic amines) is 1. The van der Waals surface area contributed by atoms with E-state index in [2.05, 4.69) is 10.3 Å². The number of benzene rings is 1. The van der Waals surface area contributed by atoms with Crippen molar-refractivity contribution in [2.24, 2.45) is 0 Å². The minimum absolute atomic E-state index is 0.00672. The summed E-state index contributed by atoms with van der Waals surface area (Å²) in [5.41, 5.74) is 1.90. The maximum Gasteiger partial charge on any atom is 0.321 e. The number of urea groups is 1. The molecule has 0 aliphatic carbocycles. The number of hydrogen-bond acceptors (Lipinski definition) is 1. The quantitative estimate of drug-likeness (QED) is 0.776. The van der Waals surface area contributed by atoms with Gasteiger partial charge in [0.2, 0.25) is 0 Å². The fraction of sp³-hybridized carbons (Fsp3) is 0.308. The smallest absolute Gasteiger partial charge is 0.321 e. The molecule has 4 nitrogen and oxygen atoms in total. The Hall–Kier alpha value is -1.97. The summed E-state index contributed by atoms with van der Waals surface area (Å²) in [7, 11) is 0. The van der Waals surface area contributed by atoms with E-state index in [1.807, 2.05) is 35.4 Å². The first kappa shape index (κ1) is 10.2. The molecule has 1 aromatic carbocycles. The Morgan fingerprint density at radius 2 is 2.00 bits per heavy atom. The van der Waals surface area contributed by atoms with Crippen molar-refractivity contribution >= 4 is 22.6 Å². The third-order valence-corrected chi connectivity index (χ3v) is 3.22. The fourth-order valence-corrected chi connectivity index (χ4v) is 2.29. The molecule has 0 saturated carbocycles. The van der Waals surface area contributed by atoms with Gasteiger partial charge in [-0.25, -0.2) is 4.79 Å². The molecule has 0 spiro atoms. The van der Waals surface area contributed by atoms with Crippen molar-refractivity contribution < 1.29 is 4.79 Å². The number of amides is 2. The molecule has 3 rings (SSSR count). The lowest BCUT2D eigenvalue weighted by atomic mass is 10.2. The summed E-state index contributed by atoms with van der Waals surface area (Å²) in [5, 5.41) is 4.02. The van der Waals surface area contributed by atoms with E-state index >= 15 is 0 Å². The SMILES string of the molecule is O=C(Nc1c[nH]c2ccccc12)N1CCCC1. The number of aromatic amines is 1. The zero-order valence-corrected chi connectivity index (χ0v) is 9.57. The van der Waals surface area contributed by atoms with Gasteiger partial charge in [0.1, 0.15) is 0 Å². The zero-order valence-electron chi connectivity index (χ0n) is 9.57. The van der Waals surface area contributed by atoms with Gasteiger partial charge in [-0.1, -0.05) is 18.2 Å². The van der Waals surface area contributed by atoms with Crippen molar-refractivity contribution in [2.75, 3.05) is 18.4 Å². The maximum absolute atomic E-state index is 12.0. The van der Waals surface area contributed by atoms with E-state index in [1.54, 1.807) is 0 Å². The van der Waals surface area contributed by atoms with Crippen LogP contribution in [0.4, 0.5) is 10.5 Å². The van der Waals surface area contributed by atoms with Gasteiger partial charge in [-0.3, -0.25) is 0 Å². The molecule has 0 atom stereocenters. The average Bonchev–Trinajstić information content (AvgIpc) is 2.98. The molecule has 0 bridgehead atoms. The Labute approximate surface area is 99.6 Å². The van der Waals surface area contributed by atoms with E-state index in [9.17, 15) is 4.79 Å². The molecular weight excluding hydrogens is 214 g/mol. The Bertz CT molecular complexity index is 540. The number of carbonyl (C=O) groups excluding carboxylic acids is 1. The summed E-state index contributed by atoms with van der Waals surface area (Å²) in [5.74, 6) is 0. The molecule has 2 heterocycles. The second-order valence-electron chi connectivity index (χ2n) is 4.37. The van der Waals surface area contributed by atoms with Gasteiger partial charge in [0.15, 0.2) is 0 Å². The first-order chi connectivity index (χ1) is 8.34. The Morgan fingerprint density at radius 3 is 2.82 bits per heavy atom. The van der Waals surface area contributed by atoms with Crippen LogP contribution in [0.5, 0.6) is 0 Å². The van der Waals surface area contributed by atoms with E-state index in [0.29, 0.717) is 0 Å². The highest BCUT2D eigenvalue weighted by Crippen LogP contribution is 2.23. The third kappa shape index (κ3) is 1.86. The molecule has 2 aromatic rings. The van der Waals surface area contributed by atoms with Crippen LogP contribution in [-0.2, 0) is 0 Å². The standard InChI is InChI=1S/C13H15N3O/c17-13(16-7-3-4-8-16)15-12-9-14-11-6-2-1-5-10(11)12/h1-2,5-6,9,14H,3-4,7-8H2,(H,15,17). The summed E-state index contributed by atoms with van der Waals surface area (Å²) in [6, 6.07) is 7.96. The highest BCUT2D eigenvalue weighted by molar-refractivity contribution is 6.00. The lowest BCUT2D eigenvalue weighted by molar-refractivity contribution is 0.222. The number of rotatable bonds is 1. The normalized spacial score (nSPS) is 15.4. The van der Waals surface area contributed by atoms with Crippen LogP contribution in [0.3, 0.4) is 0 Å².